The molecule has 0 radical (unpaired) electrons. The van der Waals surface area contributed by atoms with Crippen molar-refractivity contribution in [3.05, 3.63) is 29.8 Å². The van der Waals surface area contributed by atoms with Crippen molar-refractivity contribution in [2.24, 2.45) is 5.92 Å². The molecule has 0 unspecified atom stereocenters. The molecule has 1 aromatic rings. The standard InChI is InChI=1S/C17H22F3NO3/c18-17(19,20)14-5-1-2-6-15(14)24-11-10-21-8-3-4-13(7-9-21)12-16(22)23/h1-2,5-6,13H,3-4,7-12H2,(H,22,23)/t13-/m0/s1. The first-order valence-corrected chi connectivity index (χ1v) is 8.09. The van der Waals surface area contributed by atoms with Crippen LogP contribution in [0.15, 0.2) is 24.3 Å². The zero-order valence-electron chi connectivity index (χ0n) is 13.4. The van der Waals surface area contributed by atoms with E-state index in [2.05, 4.69) is 4.90 Å². The van der Waals surface area contributed by atoms with Crippen molar-refractivity contribution >= 4 is 5.97 Å². The number of halogens is 3. The number of hydrogen-bond donors (Lipinski definition) is 1. The summed E-state index contributed by atoms with van der Waals surface area (Å²) in [6, 6.07) is 5.20. The summed E-state index contributed by atoms with van der Waals surface area (Å²) in [5.74, 6) is -0.747. The van der Waals surface area contributed by atoms with Crippen LogP contribution >= 0.6 is 0 Å². The summed E-state index contributed by atoms with van der Waals surface area (Å²) < 4.78 is 44.0. The van der Waals surface area contributed by atoms with Crippen LogP contribution in [0.5, 0.6) is 5.75 Å². The van der Waals surface area contributed by atoms with Crippen molar-refractivity contribution in [2.45, 2.75) is 31.9 Å². The van der Waals surface area contributed by atoms with Gasteiger partial charge in [0.2, 0.25) is 0 Å². The number of carboxylic acid groups (broad SMARTS) is 1. The molecular formula is C17H22F3NO3. The fraction of sp³-hybridized carbons (Fsp3) is 0.588. The Morgan fingerprint density at radius 3 is 2.71 bits per heavy atom. The van der Waals surface area contributed by atoms with Crippen molar-refractivity contribution in [3.63, 3.8) is 0 Å². The Morgan fingerprint density at radius 1 is 1.25 bits per heavy atom. The van der Waals surface area contributed by atoms with E-state index in [-0.39, 0.29) is 24.7 Å². The molecule has 1 aliphatic heterocycles. The number of nitrogens with zero attached hydrogens (tertiary/aromatic N) is 1. The molecule has 1 saturated heterocycles. The summed E-state index contributed by atoms with van der Waals surface area (Å²) in [4.78, 5) is 12.9. The van der Waals surface area contributed by atoms with Gasteiger partial charge in [0, 0.05) is 13.0 Å². The Balaban J connectivity index is 1.82. The molecular weight excluding hydrogens is 323 g/mol. The molecule has 0 aromatic heterocycles. The molecule has 0 bridgehead atoms. The smallest absolute Gasteiger partial charge is 0.419 e. The molecule has 0 saturated carbocycles. The van der Waals surface area contributed by atoms with Crippen molar-refractivity contribution in [1.29, 1.82) is 0 Å². The number of aliphatic carboxylic acids is 1. The van der Waals surface area contributed by atoms with E-state index in [0.29, 0.717) is 6.54 Å². The molecule has 2 rings (SSSR count). The third kappa shape index (κ3) is 5.70. The van der Waals surface area contributed by atoms with Gasteiger partial charge in [-0.25, -0.2) is 0 Å². The Kier molecular flexibility index (Phi) is 6.48. The Bertz CT molecular complexity index is 548. The van der Waals surface area contributed by atoms with Crippen molar-refractivity contribution in [3.8, 4) is 5.75 Å². The summed E-state index contributed by atoms with van der Waals surface area (Å²) in [6.07, 6.45) is -1.67. The predicted molar refractivity (Wildman–Crippen MR) is 83.0 cm³/mol. The largest absolute Gasteiger partial charge is 0.492 e. The first kappa shape index (κ1) is 18.6. The van der Waals surface area contributed by atoms with Crippen LogP contribution in [0.3, 0.4) is 0 Å². The van der Waals surface area contributed by atoms with E-state index in [1.54, 1.807) is 0 Å². The Hall–Kier alpha value is -1.76. The number of ether oxygens (including phenoxy) is 1. The minimum absolute atomic E-state index is 0.149. The quantitative estimate of drug-likeness (QED) is 0.855. The van der Waals surface area contributed by atoms with E-state index >= 15 is 0 Å². The third-order valence-electron chi connectivity index (χ3n) is 4.26. The summed E-state index contributed by atoms with van der Waals surface area (Å²) in [7, 11) is 0. The highest BCUT2D eigenvalue weighted by Gasteiger charge is 2.34. The van der Waals surface area contributed by atoms with E-state index in [1.807, 2.05) is 0 Å². The van der Waals surface area contributed by atoms with Crippen LogP contribution in [0.2, 0.25) is 0 Å². The first-order valence-electron chi connectivity index (χ1n) is 8.09. The lowest BCUT2D eigenvalue weighted by Gasteiger charge is -2.21. The van der Waals surface area contributed by atoms with Crippen LogP contribution in [0, 0.1) is 5.92 Å². The molecule has 1 heterocycles. The zero-order chi connectivity index (χ0) is 17.6. The van der Waals surface area contributed by atoms with Crippen LogP contribution in [0.1, 0.15) is 31.2 Å². The Labute approximate surface area is 139 Å². The van der Waals surface area contributed by atoms with Gasteiger partial charge in [0.25, 0.3) is 0 Å². The van der Waals surface area contributed by atoms with Gasteiger partial charge >= 0.3 is 12.1 Å². The predicted octanol–water partition coefficient (Wildman–Crippen LogP) is 3.66. The lowest BCUT2D eigenvalue weighted by molar-refractivity contribution is -0.139. The molecule has 4 nitrogen and oxygen atoms in total. The van der Waals surface area contributed by atoms with Crippen molar-refractivity contribution in [1.82, 2.24) is 4.90 Å². The third-order valence-corrected chi connectivity index (χ3v) is 4.26. The molecule has 0 spiro atoms. The molecule has 1 atom stereocenters. The number of hydrogen-bond acceptors (Lipinski definition) is 3. The van der Waals surface area contributed by atoms with Crippen LogP contribution in [-0.2, 0) is 11.0 Å². The summed E-state index contributed by atoms with van der Waals surface area (Å²) >= 11 is 0. The SMILES string of the molecule is O=C(O)C[C@H]1CCCN(CCOc2ccccc2C(F)(F)F)CC1. The monoisotopic (exact) mass is 345 g/mol. The number of benzene rings is 1. The molecule has 7 heteroatoms. The number of para-hydroxylation sites is 1. The highest BCUT2D eigenvalue weighted by atomic mass is 19.4. The van der Waals surface area contributed by atoms with E-state index in [1.165, 1.54) is 18.2 Å². The van der Waals surface area contributed by atoms with E-state index in [0.717, 1.165) is 38.4 Å². The normalized spacial score (nSPS) is 19.7. The van der Waals surface area contributed by atoms with Gasteiger partial charge in [0.15, 0.2) is 0 Å². The van der Waals surface area contributed by atoms with Crippen LogP contribution < -0.4 is 4.74 Å². The van der Waals surface area contributed by atoms with Crippen molar-refractivity contribution in [2.75, 3.05) is 26.2 Å². The highest BCUT2D eigenvalue weighted by molar-refractivity contribution is 5.67. The first-order chi connectivity index (χ1) is 11.4. The van der Waals surface area contributed by atoms with E-state index in [9.17, 15) is 18.0 Å². The van der Waals surface area contributed by atoms with Gasteiger partial charge in [-0.3, -0.25) is 9.69 Å². The number of carbonyl (C=O) groups is 1. The van der Waals surface area contributed by atoms with Gasteiger partial charge in [-0.05, 0) is 50.4 Å². The number of likely N-dealkylation sites (tertiary alicyclic amines) is 1. The van der Waals surface area contributed by atoms with E-state index < -0.39 is 17.7 Å². The average molecular weight is 345 g/mol. The van der Waals surface area contributed by atoms with Gasteiger partial charge in [-0.1, -0.05) is 12.1 Å². The second-order valence-corrected chi connectivity index (χ2v) is 6.08. The maximum absolute atomic E-state index is 12.9. The van der Waals surface area contributed by atoms with Crippen LogP contribution in [-0.4, -0.2) is 42.2 Å². The maximum atomic E-state index is 12.9. The molecule has 24 heavy (non-hydrogen) atoms. The van der Waals surface area contributed by atoms with Crippen LogP contribution in [0.25, 0.3) is 0 Å². The maximum Gasteiger partial charge on any atom is 0.419 e. The molecule has 1 N–H and O–H groups in total. The lowest BCUT2D eigenvalue weighted by atomic mass is 9.97. The Morgan fingerprint density at radius 2 is 2.00 bits per heavy atom. The number of alkyl halides is 3. The molecule has 1 aromatic carbocycles. The minimum atomic E-state index is -4.43. The van der Waals surface area contributed by atoms with Gasteiger partial charge in [0.05, 0.1) is 5.56 Å². The topological polar surface area (TPSA) is 49.8 Å². The fourth-order valence-corrected chi connectivity index (χ4v) is 3.01. The molecule has 0 amide bonds. The molecule has 134 valence electrons. The van der Waals surface area contributed by atoms with Crippen LogP contribution in [0.4, 0.5) is 13.2 Å². The van der Waals surface area contributed by atoms with Gasteiger partial charge in [-0.15, -0.1) is 0 Å². The summed E-state index contributed by atoms with van der Waals surface area (Å²) in [6.45, 7) is 2.28. The molecule has 0 aliphatic carbocycles. The lowest BCUT2D eigenvalue weighted by Crippen LogP contribution is -2.29. The van der Waals surface area contributed by atoms with Crippen molar-refractivity contribution < 1.29 is 27.8 Å². The zero-order valence-corrected chi connectivity index (χ0v) is 13.4. The summed E-state index contributed by atoms with van der Waals surface area (Å²) in [5, 5.41) is 8.86. The fourth-order valence-electron chi connectivity index (χ4n) is 3.01. The van der Waals surface area contributed by atoms with Gasteiger partial charge in [0.1, 0.15) is 12.4 Å². The number of carboxylic acids is 1. The second kappa shape index (κ2) is 8.37. The highest BCUT2D eigenvalue weighted by Crippen LogP contribution is 2.35. The second-order valence-electron chi connectivity index (χ2n) is 6.08. The van der Waals surface area contributed by atoms with Gasteiger partial charge < -0.3 is 9.84 Å². The number of rotatable bonds is 6. The van der Waals surface area contributed by atoms with E-state index in [4.69, 9.17) is 9.84 Å². The minimum Gasteiger partial charge on any atom is -0.492 e. The average Bonchev–Trinajstić information content (AvgIpc) is 2.72. The summed E-state index contributed by atoms with van der Waals surface area (Å²) in [5.41, 5.74) is -0.762. The van der Waals surface area contributed by atoms with Gasteiger partial charge in [-0.2, -0.15) is 13.2 Å². The molecule has 1 fully saturated rings. The molecule has 1 aliphatic rings.